The average molecular weight is 218 g/mol. The van der Waals surface area contributed by atoms with E-state index in [1.54, 1.807) is 0 Å². The molecule has 70 valence electrons. The van der Waals surface area contributed by atoms with Gasteiger partial charge < -0.3 is 5.32 Å². The van der Waals surface area contributed by atoms with Crippen molar-refractivity contribution in [2.24, 2.45) is 0 Å². The first-order valence-corrected chi connectivity index (χ1v) is 5.08. The monoisotopic (exact) mass is 217 g/mol. The topological polar surface area (TPSA) is 54.9 Å². The number of rotatable bonds is 2. The summed E-state index contributed by atoms with van der Waals surface area (Å²) < 4.78 is 0. The molecule has 1 aromatic heterocycles. The molecule has 0 spiro atoms. The van der Waals surface area contributed by atoms with Gasteiger partial charge in [0.05, 0.1) is 0 Å². The second kappa shape index (κ2) is 4.43. The maximum Gasteiger partial charge on any atom is 0.222 e. The summed E-state index contributed by atoms with van der Waals surface area (Å²) >= 11 is 7.06. The van der Waals surface area contributed by atoms with Crippen molar-refractivity contribution < 1.29 is 4.79 Å². The molecule has 4 nitrogen and oxygen atoms in total. The first kappa shape index (κ1) is 10.3. The molecule has 13 heavy (non-hydrogen) atoms. The summed E-state index contributed by atoms with van der Waals surface area (Å²) in [4.78, 5) is 18.7. The van der Waals surface area contributed by atoms with Crippen LogP contribution < -0.4 is 5.32 Å². The molecule has 0 aromatic carbocycles. The standard InChI is InChI=1S/C7H8ClN3OS/c1-4(12)9-6-3-5(8)10-7(11-6)13-2/h3H,1-2H3,(H,9,10,11,12). The quantitative estimate of drug-likeness (QED) is 0.466. The predicted molar refractivity (Wildman–Crippen MR) is 53.1 cm³/mol. The van der Waals surface area contributed by atoms with Gasteiger partial charge in [-0.1, -0.05) is 23.4 Å². The van der Waals surface area contributed by atoms with Crippen LogP contribution in [0.15, 0.2) is 11.2 Å². The minimum Gasteiger partial charge on any atom is -0.311 e. The summed E-state index contributed by atoms with van der Waals surface area (Å²) in [5.41, 5.74) is 0. The van der Waals surface area contributed by atoms with Crippen molar-refractivity contribution in [1.29, 1.82) is 0 Å². The van der Waals surface area contributed by atoms with Crippen LogP contribution in [0, 0.1) is 0 Å². The first-order valence-electron chi connectivity index (χ1n) is 3.48. The number of hydrogen-bond acceptors (Lipinski definition) is 4. The third-order valence-electron chi connectivity index (χ3n) is 1.16. The van der Waals surface area contributed by atoms with Crippen molar-refractivity contribution in [3.8, 4) is 0 Å². The van der Waals surface area contributed by atoms with Gasteiger partial charge in [-0.2, -0.15) is 0 Å². The number of hydrogen-bond donors (Lipinski definition) is 1. The maximum atomic E-state index is 10.7. The van der Waals surface area contributed by atoms with E-state index in [1.807, 2.05) is 6.26 Å². The van der Waals surface area contributed by atoms with Gasteiger partial charge in [-0.25, -0.2) is 9.97 Å². The molecule has 0 aliphatic carbocycles. The highest BCUT2D eigenvalue weighted by Gasteiger charge is 2.02. The van der Waals surface area contributed by atoms with Crippen LogP contribution in [0.4, 0.5) is 5.82 Å². The summed E-state index contributed by atoms with van der Waals surface area (Å²) in [6, 6.07) is 1.50. The Bertz CT molecular complexity index is 332. The molecular formula is C7H8ClN3OS. The number of amides is 1. The lowest BCUT2D eigenvalue weighted by atomic mass is 10.5. The van der Waals surface area contributed by atoms with Gasteiger partial charge in [0.25, 0.3) is 0 Å². The van der Waals surface area contributed by atoms with Gasteiger partial charge in [-0.15, -0.1) is 0 Å². The molecule has 1 N–H and O–H groups in total. The van der Waals surface area contributed by atoms with E-state index in [1.165, 1.54) is 24.8 Å². The largest absolute Gasteiger partial charge is 0.311 e. The Morgan fingerprint density at radius 1 is 1.62 bits per heavy atom. The highest BCUT2D eigenvalue weighted by molar-refractivity contribution is 7.98. The average Bonchev–Trinajstić information content (AvgIpc) is 2.01. The Balaban J connectivity index is 2.94. The van der Waals surface area contributed by atoms with Gasteiger partial charge in [0, 0.05) is 13.0 Å². The molecule has 0 aliphatic heterocycles. The Morgan fingerprint density at radius 3 is 2.85 bits per heavy atom. The van der Waals surface area contributed by atoms with E-state index in [0.29, 0.717) is 16.1 Å². The van der Waals surface area contributed by atoms with Crippen LogP contribution >= 0.6 is 23.4 Å². The van der Waals surface area contributed by atoms with Crippen LogP contribution in [-0.2, 0) is 4.79 Å². The summed E-state index contributed by atoms with van der Waals surface area (Å²) in [6.45, 7) is 1.41. The molecular weight excluding hydrogens is 210 g/mol. The molecule has 1 rings (SSSR count). The molecule has 0 saturated carbocycles. The molecule has 6 heteroatoms. The van der Waals surface area contributed by atoms with Gasteiger partial charge in [-0.05, 0) is 6.26 Å². The van der Waals surface area contributed by atoms with Crippen molar-refractivity contribution in [2.45, 2.75) is 12.1 Å². The van der Waals surface area contributed by atoms with Crippen LogP contribution in [-0.4, -0.2) is 22.1 Å². The smallest absolute Gasteiger partial charge is 0.222 e. The van der Waals surface area contributed by atoms with E-state index in [9.17, 15) is 4.79 Å². The summed E-state index contributed by atoms with van der Waals surface area (Å²) in [6.07, 6.45) is 1.84. The van der Waals surface area contributed by atoms with Crippen molar-refractivity contribution in [3.63, 3.8) is 0 Å². The van der Waals surface area contributed by atoms with Crippen molar-refractivity contribution in [1.82, 2.24) is 9.97 Å². The van der Waals surface area contributed by atoms with Crippen molar-refractivity contribution in [3.05, 3.63) is 11.2 Å². The van der Waals surface area contributed by atoms with Crippen LogP contribution in [0.1, 0.15) is 6.92 Å². The van der Waals surface area contributed by atoms with E-state index in [-0.39, 0.29) is 5.91 Å². The molecule has 0 unspecified atom stereocenters. The number of carbonyl (C=O) groups is 1. The summed E-state index contributed by atoms with van der Waals surface area (Å²) in [5.74, 6) is 0.249. The second-order valence-corrected chi connectivity index (χ2v) is 3.40. The van der Waals surface area contributed by atoms with Crippen LogP contribution in [0.2, 0.25) is 5.15 Å². The SMILES string of the molecule is CSc1nc(Cl)cc(NC(C)=O)n1. The highest BCUT2D eigenvalue weighted by Crippen LogP contribution is 2.16. The number of nitrogens with zero attached hydrogens (tertiary/aromatic N) is 2. The van der Waals surface area contributed by atoms with Crippen molar-refractivity contribution in [2.75, 3.05) is 11.6 Å². The van der Waals surface area contributed by atoms with Crippen LogP contribution in [0.25, 0.3) is 0 Å². The predicted octanol–water partition coefficient (Wildman–Crippen LogP) is 1.81. The lowest BCUT2D eigenvalue weighted by Gasteiger charge is -2.02. The second-order valence-electron chi connectivity index (χ2n) is 2.24. The molecule has 1 heterocycles. The minimum atomic E-state index is -0.179. The third kappa shape index (κ3) is 3.20. The third-order valence-corrected chi connectivity index (χ3v) is 1.90. The van der Waals surface area contributed by atoms with E-state index >= 15 is 0 Å². The fraction of sp³-hybridized carbons (Fsp3) is 0.286. The van der Waals surface area contributed by atoms with Gasteiger partial charge >= 0.3 is 0 Å². The molecule has 0 saturated heterocycles. The number of halogens is 1. The molecule has 0 atom stereocenters. The molecule has 1 aromatic rings. The van der Waals surface area contributed by atoms with Gasteiger partial charge in [0.2, 0.25) is 5.91 Å². The summed E-state index contributed by atoms with van der Waals surface area (Å²) in [5, 5.41) is 3.39. The number of aromatic nitrogens is 2. The Labute approximate surface area is 85.1 Å². The van der Waals surface area contributed by atoms with Crippen LogP contribution in [0.5, 0.6) is 0 Å². The van der Waals surface area contributed by atoms with E-state index in [0.717, 1.165) is 0 Å². The highest BCUT2D eigenvalue weighted by atomic mass is 35.5. The molecule has 0 aliphatic rings. The normalized spacial score (nSPS) is 9.77. The summed E-state index contributed by atoms with van der Waals surface area (Å²) in [7, 11) is 0. The molecule has 1 amide bonds. The maximum absolute atomic E-state index is 10.7. The fourth-order valence-electron chi connectivity index (χ4n) is 0.732. The van der Waals surface area contributed by atoms with Gasteiger partial charge in [0.15, 0.2) is 5.16 Å². The van der Waals surface area contributed by atoms with E-state index in [4.69, 9.17) is 11.6 Å². The number of anilines is 1. The van der Waals surface area contributed by atoms with E-state index in [2.05, 4.69) is 15.3 Å². The number of carbonyl (C=O) groups excluding carboxylic acids is 1. The number of thioether (sulfide) groups is 1. The van der Waals surface area contributed by atoms with E-state index < -0.39 is 0 Å². The molecule has 0 fully saturated rings. The van der Waals surface area contributed by atoms with Crippen molar-refractivity contribution >= 4 is 35.1 Å². The van der Waals surface area contributed by atoms with Crippen LogP contribution in [0.3, 0.4) is 0 Å². The zero-order chi connectivity index (χ0) is 9.84. The Hall–Kier alpha value is -0.810. The van der Waals surface area contributed by atoms with Gasteiger partial charge in [-0.3, -0.25) is 4.79 Å². The van der Waals surface area contributed by atoms with Gasteiger partial charge in [0.1, 0.15) is 11.0 Å². The minimum absolute atomic E-state index is 0.179. The first-order chi connectivity index (χ1) is 6.11. The fourth-order valence-corrected chi connectivity index (χ4v) is 1.35. The molecule has 0 bridgehead atoms. The number of nitrogens with one attached hydrogen (secondary N) is 1. The lowest BCUT2D eigenvalue weighted by molar-refractivity contribution is -0.114. The molecule has 0 radical (unpaired) electrons. The Kier molecular flexibility index (Phi) is 3.50. The lowest BCUT2D eigenvalue weighted by Crippen LogP contribution is -2.08. The zero-order valence-corrected chi connectivity index (χ0v) is 8.74. The Morgan fingerprint density at radius 2 is 2.31 bits per heavy atom. The zero-order valence-electron chi connectivity index (χ0n) is 7.17.